The number of aromatic nitrogens is 2. The number of nitrogens with two attached hydrogens (primary N) is 1. The quantitative estimate of drug-likeness (QED) is 0.854. The number of hydrogen-bond donors (Lipinski definition) is 1. The maximum Gasteiger partial charge on any atom is 0.254 e. The van der Waals surface area contributed by atoms with Crippen molar-refractivity contribution in [2.45, 2.75) is 12.8 Å². The number of fused-ring (bicyclic) bond motifs is 1. The van der Waals surface area contributed by atoms with Crippen LogP contribution in [0.15, 0.2) is 30.5 Å². The van der Waals surface area contributed by atoms with Crippen molar-refractivity contribution in [3.8, 4) is 0 Å². The Balaban J connectivity index is 1.74. The van der Waals surface area contributed by atoms with Crippen LogP contribution in [-0.4, -0.2) is 33.7 Å². The summed E-state index contributed by atoms with van der Waals surface area (Å²) in [5, 5.41) is 4.14. The van der Waals surface area contributed by atoms with Crippen molar-refractivity contribution < 1.29 is 4.79 Å². The van der Waals surface area contributed by atoms with E-state index in [2.05, 4.69) is 5.10 Å². The molecule has 0 saturated heterocycles. The van der Waals surface area contributed by atoms with Crippen LogP contribution < -0.4 is 5.73 Å². The number of aryl methyl sites for hydroxylation is 1. The minimum Gasteiger partial charge on any atom is -0.399 e. The molecule has 1 aliphatic heterocycles. The Morgan fingerprint density at radius 2 is 2.20 bits per heavy atom. The number of carbonyl (C=O) groups is 1. The average Bonchev–Trinajstić information content (AvgIpc) is 2.84. The molecule has 1 aromatic carbocycles. The summed E-state index contributed by atoms with van der Waals surface area (Å²) in [5.41, 5.74) is 9.41. The van der Waals surface area contributed by atoms with Gasteiger partial charge in [-0.05, 0) is 30.2 Å². The predicted octanol–water partition coefficient (Wildman–Crippen LogP) is 1.24. The van der Waals surface area contributed by atoms with Gasteiger partial charge in [0.1, 0.15) is 0 Å². The van der Waals surface area contributed by atoms with Gasteiger partial charge in [0, 0.05) is 49.7 Å². The first kappa shape index (κ1) is 12.7. The van der Waals surface area contributed by atoms with E-state index in [9.17, 15) is 4.79 Å². The van der Waals surface area contributed by atoms with Crippen LogP contribution in [0.1, 0.15) is 21.6 Å². The number of rotatable bonds is 3. The molecule has 2 N–H and O–H groups in total. The van der Waals surface area contributed by atoms with Crippen molar-refractivity contribution in [1.82, 2.24) is 14.7 Å². The van der Waals surface area contributed by atoms with Crippen LogP contribution in [-0.2, 0) is 19.9 Å². The van der Waals surface area contributed by atoms with E-state index >= 15 is 0 Å². The predicted molar refractivity (Wildman–Crippen MR) is 77.4 cm³/mol. The Hall–Kier alpha value is -2.30. The number of hydrogen-bond acceptors (Lipinski definition) is 3. The van der Waals surface area contributed by atoms with Crippen LogP contribution in [0.3, 0.4) is 0 Å². The third kappa shape index (κ3) is 2.27. The van der Waals surface area contributed by atoms with Gasteiger partial charge in [0.25, 0.3) is 5.91 Å². The second kappa shape index (κ2) is 5.00. The van der Waals surface area contributed by atoms with E-state index in [-0.39, 0.29) is 5.91 Å². The zero-order chi connectivity index (χ0) is 14.1. The fraction of sp³-hybridized carbons (Fsp3) is 0.333. The average molecular weight is 270 g/mol. The van der Waals surface area contributed by atoms with Crippen LogP contribution in [0.2, 0.25) is 0 Å². The number of benzene rings is 1. The van der Waals surface area contributed by atoms with Gasteiger partial charge in [-0.2, -0.15) is 5.10 Å². The Morgan fingerprint density at radius 1 is 1.35 bits per heavy atom. The molecule has 3 rings (SSSR count). The molecular weight excluding hydrogens is 252 g/mol. The minimum atomic E-state index is 0.0840. The fourth-order valence-electron chi connectivity index (χ4n) is 2.65. The molecule has 1 aliphatic rings. The van der Waals surface area contributed by atoms with Crippen LogP contribution in [0.4, 0.5) is 5.69 Å². The van der Waals surface area contributed by atoms with E-state index in [0.717, 1.165) is 36.2 Å². The van der Waals surface area contributed by atoms with Gasteiger partial charge in [0.2, 0.25) is 0 Å². The molecule has 0 spiro atoms. The lowest BCUT2D eigenvalue weighted by Gasteiger charge is -2.28. The molecule has 0 saturated carbocycles. The lowest BCUT2D eigenvalue weighted by Crippen LogP contribution is -2.39. The highest BCUT2D eigenvalue weighted by molar-refractivity contribution is 5.97. The number of nitrogen functional groups attached to an aromatic ring is 1. The van der Waals surface area contributed by atoms with Crippen molar-refractivity contribution in [3.63, 3.8) is 0 Å². The molecule has 20 heavy (non-hydrogen) atoms. The summed E-state index contributed by atoms with van der Waals surface area (Å²) in [4.78, 5) is 14.4. The lowest BCUT2D eigenvalue weighted by atomic mass is 9.98. The molecule has 104 valence electrons. The summed E-state index contributed by atoms with van der Waals surface area (Å²) in [7, 11) is 1.92. The first-order valence-corrected chi connectivity index (χ1v) is 6.80. The van der Waals surface area contributed by atoms with E-state index in [4.69, 9.17) is 5.73 Å². The number of nitrogens with zero attached hydrogens (tertiary/aromatic N) is 3. The zero-order valence-corrected chi connectivity index (χ0v) is 11.5. The van der Waals surface area contributed by atoms with Gasteiger partial charge in [-0.25, -0.2) is 0 Å². The molecule has 2 heterocycles. The molecule has 2 aromatic rings. The topological polar surface area (TPSA) is 64.2 Å². The second-order valence-electron chi connectivity index (χ2n) is 5.15. The first-order valence-electron chi connectivity index (χ1n) is 6.80. The highest BCUT2D eigenvalue weighted by Gasteiger charge is 2.24. The highest BCUT2D eigenvalue weighted by atomic mass is 16.2. The van der Waals surface area contributed by atoms with Crippen molar-refractivity contribution in [2.75, 3.05) is 18.8 Å². The van der Waals surface area contributed by atoms with Gasteiger partial charge in [-0.1, -0.05) is 6.07 Å². The molecule has 0 fully saturated rings. The Labute approximate surface area is 118 Å². The van der Waals surface area contributed by atoms with Gasteiger partial charge in [-0.15, -0.1) is 0 Å². The van der Waals surface area contributed by atoms with Gasteiger partial charge < -0.3 is 10.6 Å². The van der Waals surface area contributed by atoms with E-state index < -0.39 is 0 Å². The normalized spacial score (nSPS) is 14.4. The van der Waals surface area contributed by atoms with Crippen molar-refractivity contribution in [3.05, 3.63) is 47.3 Å². The molecule has 0 radical (unpaired) electrons. The summed E-state index contributed by atoms with van der Waals surface area (Å²) in [5.74, 6) is 0.0840. The second-order valence-corrected chi connectivity index (χ2v) is 5.15. The minimum absolute atomic E-state index is 0.0840. The molecule has 0 unspecified atom stereocenters. The van der Waals surface area contributed by atoms with Crippen LogP contribution in [0.5, 0.6) is 0 Å². The standard InChI is InChI=1S/C15H18N4O/c1-18-13(4-7-17-18)6-9-19-8-5-11-2-3-12(16)10-14(11)15(19)20/h2-4,7,10H,5-6,8-9,16H2,1H3. The Bertz CT molecular complexity index is 647. The van der Waals surface area contributed by atoms with E-state index in [1.54, 1.807) is 12.3 Å². The van der Waals surface area contributed by atoms with Gasteiger partial charge in [0.05, 0.1) is 0 Å². The summed E-state index contributed by atoms with van der Waals surface area (Å²) in [6.45, 7) is 1.49. The largest absolute Gasteiger partial charge is 0.399 e. The first-order chi connectivity index (χ1) is 9.65. The van der Waals surface area contributed by atoms with E-state index in [1.807, 2.05) is 34.8 Å². The van der Waals surface area contributed by atoms with E-state index in [0.29, 0.717) is 12.2 Å². The highest BCUT2D eigenvalue weighted by Crippen LogP contribution is 2.21. The van der Waals surface area contributed by atoms with Crippen LogP contribution in [0, 0.1) is 0 Å². The third-order valence-corrected chi connectivity index (χ3v) is 3.86. The molecule has 1 amide bonds. The number of amides is 1. The van der Waals surface area contributed by atoms with Crippen LogP contribution in [0.25, 0.3) is 0 Å². The summed E-state index contributed by atoms with van der Waals surface area (Å²) >= 11 is 0. The SMILES string of the molecule is Cn1nccc1CCN1CCc2ccc(N)cc2C1=O. The van der Waals surface area contributed by atoms with Crippen molar-refractivity contribution in [1.29, 1.82) is 0 Å². The molecular formula is C15H18N4O. The number of anilines is 1. The van der Waals surface area contributed by atoms with Gasteiger partial charge in [-0.3, -0.25) is 9.48 Å². The maximum atomic E-state index is 12.5. The third-order valence-electron chi connectivity index (χ3n) is 3.86. The zero-order valence-electron chi connectivity index (χ0n) is 11.5. The van der Waals surface area contributed by atoms with E-state index in [1.165, 1.54) is 0 Å². The lowest BCUT2D eigenvalue weighted by molar-refractivity contribution is 0.0741. The fourth-order valence-corrected chi connectivity index (χ4v) is 2.65. The van der Waals surface area contributed by atoms with Gasteiger partial charge in [0.15, 0.2) is 0 Å². The molecule has 0 atom stereocenters. The summed E-state index contributed by atoms with van der Waals surface area (Å²) in [6, 6.07) is 7.59. The van der Waals surface area contributed by atoms with Crippen LogP contribution >= 0.6 is 0 Å². The molecule has 5 nitrogen and oxygen atoms in total. The Kier molecular flexibility index (Phi) is 3.18. The smallest absolute Gasteiger partial charge is 0.254 e. The summed E-state index contributed by atoms with van der Waals surface area (Å²) in [6.07, 6.45) is 3.50. The molecule has 5 heteroatoms. The monoisotopic (exact) mass is 270 g/mol. The Morgan fingerprint density at radius 3 is 2.95 bits per heavy atom. The summed E-state index contributed by atoms with van der Waals surface area (Å²) < 4.78 is 1.85. The van der Waals surface area contributed by atoms with Gasteiger partial charge >= 0.3 is 0 Å². The number of carbonyl (C=O) groups excluding carboxylic acids is 1. The van der Waals surface area contributed by atoms with Crippen molar-refractivity contribution in [2.24, 2.45) is 7.05 Å². The maximum absolute atomic E-state index is 12.5. The molecule has 0 aliphatic carbocycles. The van der Waals surface area contributed by atoms with Crippen molar-refractivity contribution >= 4 is 11.6 Å². The molecule has 1 aromatic heterocycles. The molecule has 0 bridgehead atoms.